The first-order valence-corrected chi connectivity index (χ1v) is 7.59. The quantitative estimate of drug-likeness (QED) is 0.804. The van der Waals surface area contributed by atoms with Crippen LogP contribution in [0.5, 0.6) is 0 Å². The van der Waals surface area contributed by atoms with E-state index in [2.05, 4.69) is 31.3 Å². The van der Waals surface area contributed by atoms with Crippen LogP contribution in [0.2, 0.25) is 0 Å². The molecule has 110 valence electrons. The van der Waals surface area contributed by atoms with Crippen molar-refractivity contribution in [3.05, 3.63) is 35.9 Å². The molecule has 0 spiro atoms. The number of hydrogen-bond donors (Lipinski definition) is 2. The van der Waals surface area contributed by atoms with Crippen LogP contribution in [0.1, 0.15) is 44.6 Å². The number of hydrogen-bond acceptors (Lipinski definition) is 2. The molecular weight excluding hydrogens is 250 g/mol. The standard InChI is InChI=1S/C17H25NO2/c1-3-17(4-2,12-19)11-18-16(20)15-10-14(15)13-8-6-5-7-9-13/h5-9,14-15,19H,3-4,10-12H2,1-2H3,(H,18,20)/t14-,15+/m1/s1. The molecule has 1 aromatic carbocycles. The fraction of sp³-hybridized carbons (Fsp3) is 0.588. The zero-order valence-electron chi connectivity index (χ0n) is 12.4. The Morgan fingerprint density at radius 1 is 1.30 bits per heavy atom. The van der Waals surface area contributed by atoms with Gasteiger partial charge in [0, 0.05) is 17.9 Å². The van der Waals surface area contributed by atoms with Gasteiger partial charge in [-0.1, -0.05) is 44.2 Å². The summed E-state index contributed by atoms with van der Waals surface area (Å²) in [6, 6.07) is 10.2. The van der Waals surface area contributed by atoms with Crippen LogP contribution in [0.3, 0.4) is 0 Å². The number of benzene rings is 1. The molecule has 20 heavy (non-hydrogen) atoms. The normalized spacial score (nSPS) is 21.6. The molecule has 0 saturated heterocycles. The average molecular weight is 275 g/mol. The lowest BCUT2D eigenvalue weighted by Gasteiger charge is -2.29. The van der Waals surface area contributed by atoms with Crippen molar-refractivity contribution in [3.8, 4) is 0 Å². The molecule has 2 atom stereocenters. The van der Waals surface area contributed by atoms with Gasteiger partial charge in [0.15, 0.2) is 0 Å². The van der Waals surface area contributed by atoms with E-state index in [0.717, 1.165) is 19.3 Å². The van der Waals surface area contributed by atoms with E-state index in [4.69, 9.17) is 0 Å². The highest BCUT2D eigenvalue weighted by Gasteiger charge is 2.44. The second kappa shape index (κ2) is 6.40. The number of rotatable bonds is 7. The minimum absolute atomic E-state index is 0.113. The third kappa shape index (κ3) is 3.21. The van der Waals surface area contributed by atoms with Gasteiger partial charge in [0.25, 0.3) is 0 Å². The minimum atomic E-state index is -0.160. The topological polar surface area (TPSA) is 49.3 Å². The Balaban J connectivity index is 1.86. The summed E-state index contributed by atoms with van der Waals surface area (Å²) in [6.07, 6.45) is 2.71. The first-order valence-electron chi connectivity index (χ1n) is 7.59. The molecule has 1 amide bonds. The molecule has 0 heterocycles. The van der Waals surface area contributed by atoms with Crippen molar-refractivity contribution in [2.75, 3.05) is 13.2 Å². The molecule has 3 nitrogen and oxygen atoms in total. The molecule has 0 radical (unpaired) electrons. The van der Waals surface area contributed by atoms with Crippen molar-refractivity contribution in [1.29, 1.82) is 0 Å². The lowest BCUT2D eigenvalue weighted by molar-refractivity contribution is -0.123. The molecule has 0 aromatic heterocycles. The van der Waals surface area contributed by atoms with Crippen LogP contribution >= 0.6 is 0 Å². The van der Waals surface area contributed by atoms with E-state index in [1.165, 1.54) is 5.56 Å². The number of aliphatic hydroxyl groups excluding tert-OH is 1. The number of nitrogens with one attached hydrogen (secondary N) is 1. The van der Waals surface area contributed by atoms with Crippen LogP contribution in [-0.4, -0.2) is 24.2 Å². The van der Waals surface area contributed by atoms with Gasteiger partial charge in [0.05, 0.1) is 6.61 Å². The van der Waals surface area contributed by atoms with Crippen molar-refractivity contribution >= 4 is 5.91 Å². The SMILES string of the molecule is CCC(CC)(CO)CNC(=O)[C@H]1C[C@@H]1c1ccccc1. The Morgan fingerprint density at radius 3 is 2.50 bits per heavy atom. The van der Waals surface area contributed by atoms with E-state index in [1.54, 1.807) is 0 Å². The van der Waals surface area contributed by atoms with Gasteiger partial charge in [-0.25, -0.2) is 0 Å². The molecule has 1 aromatic rings. The summed E-state index contributed by atoms with van der Waals surface area (Å²) < 4.78 is 0. The number of carbonyl (C=O) groups is 1. The monoisotopic (exact) mass is 275 g/mol. The van der Waals surface area contributed by atoms with E-state index in [9.17, 15) is 9.90 Å². The van der Waals surface area contributed by atoms with E-state index < -0.39 is 0 Å². The number of amides is 1. The molecule has 1 fully saturated rings. The van der Waals surface area contributed by atoms with Gasteiger partial charge in [-0.15, -0.1) is 0 Å². The highest BCUT2D eigenvalue weighted by molar-refractivity contribution is 5.82. The molecular formula is C17H25NO2. The summed E-state index contributed by atoms with van der Waals surface area (Å²) in [5.74, 6) is 0.629. The molecule has 1 aliphatic carbocycles. The predicted octanol–water partition coefficient (Wildman–Crippen LogP) is 2.71. The largest absolute Gasteiger partial charge is 0.396 e. The highest BCUT2D eigenvalue weighted by Crippen LogP contribution is 2.47. The maximum absolute atomic E-state index is 12.2. The molecule has 2 rings (SSSR count). The summed E-state index contributed by atoms with van der Waals surface area (Å²) in [7, 11) is 0. The maximum atomic E-state index is 12.2. The molecule has 2 N–H and O–H groups in total. The maximum Gasteiger partial charge on any atom is 0.223 e. The van der Waals surface area contributed by atoms with Crippen molar-refractivity contribution in [2.24, 2.45) is 11.3 Å². The Morgan fingerprint density at radius 2 is 1.95 bits per heavy atom. The first kappa shape index (κ1) is 15.0. The van der Waals surface area contributed by atoms with Gasteiger partial charge >= 0.3 is 0 Å². The fourth-order valence-corrected chi connectivity index (χ4v) is 2.74. The van der Waals surface area contributed by atoms with Crippen LogP contribution in [-0.2, 0) is 4.79 Å². The average Bonchev–Trinajstić information content (AvgIpc) is 3.30. The van der Waals surface area contributed by atoms with Gasteiger partial charge in [-0.3, -0.25) is 4.79 Å². The van der Waals surface area contributed by atoms with Gasteiger partial charge in [-0.2, -0.15) is 0 Å². The predicted molar refractivity (Wildman–Crippen MR) is 80.4 cm³/mol. The molecule has 0 aliphatic heterocycles. The first-order chi connectivity index (χ1) is 9.65. The van der Waals surface area contributed by atoms with Crippen LogP contribution < -0.4 is 5.32 Å². The van der Waals surface area contributed by atoms with E-state index in [-0.39, 0.29) is 23.8 Å². The Hall–Kier alpha value is -1.35. The van der Waals surface area contributed by atoms with Crippen LogP contribution in [0.25, 0.3) is 0 Å². The Kier molecular flexibility index (Phi) is 4.81. The second-order valence-electron chi connectivity index (χ2n) is 5.94. The summed E-state index contributed by atoms with van der Waals surface area (Å²) in [5.41, 5.74) is 1.10. The molecule has 0 bridgehead atoms. The number of aliphatic hydroxyl groups is 1. The second-order valence-corrected chi connectivity index (χ2v) is 5.94. The minimum Gasteiger partial charge on any atom is -0.396 e. The van der Waals surface area contributed by atoms with Crippen LogP contribution in [0.15, 0.2) is 30.3 Å². The van der Waals surface area contributed by atoms with Crippen LogP contribution in [0, 0.1) is 11.3 Å². The lowest BCUT2D eigenvalue weighted by Crippen LogP contribution is -2.40. The summed E-state index contributed by atoms with van der Waals surface area (Å²) >= 11 is 0. The van der Waals surface area contributed by atoms with Gasteiger partial charge in [-0.05, 0) is 30.7 Å². The third-order valence-electron chi connectivity index (χ3n) is 4.83. The van der Waals surface area contributed by atoms with E-state index in [0.29, 0.717) is 12.5 Å². The molecule has 0 unspecified atom stereocenters. The third-order valence-corrected chi connectivity index (χ3v) is 4.83. The zero-order valence-corrected chi connectivity index (χ0v) is 12.4. The lowest BCUT2D eigenvalue weighted by atomic mass is 9.83. The highest BCUT2D eigenvalue weighted by atomic mass is 16.3. The van der Waals surface area contributed by atoms with E-state index >= 15 is 0 Å². The van der Waals surface area contributed by atoms with Crippen molar-refractivity contribution in [1.82, 2.24) is 5.32 Å². The van der Waals surface area contributed by atoms with Crippen molar-refractivity contribution in [2.45, 2.75) is 39.0 Å². The van der Waals surface area contributed by atoms with Crippen molar-refractivity contribution < 1.29 is 9.90 Å². The van der Waals surface area contributed by atoms with Crippen molar-refractivity contribution in [3.63, 3.8) is 0 Å². The van der Waals surface area contributed by atoms with Gasteiger partial charge < -0.3 is 10.4 Å². The Bertz CT molecular complexity index is 431. The van der Waals surface area contributed by atoms with Gasteiger partial charge in [0.2, 0.25) is 5.91 Å². The molecule has 3 heteroatoms. The summed E-state index contributed by atoms with van der Waals surface area (Å²) in [6.45, 7) is 4.84. The van der Waals surface area contributed by atoms with Gasteiger partial charge in [0.1, 0.15) is 0 Å². The van der Waals surface area contributed by atoms with Crippen LogP contribution in [0.4, 0.5) is 0 Å². The van der Waals surface area contributed by atoms with E-state index in [1.807, 2.05) is 18.2 Å². The zero-order chi connectivity index (χ0) is 14.6. The summed E-state index contributed by atoms with van der Waals surface area (Å²) in [4.78, 5) is 12.2. The summed E-state index contributed by atoms with van der Waals surface area (Å²) in [5, 5.41) is 12.6. The Labute approximate surface area is 121 Å². The number of carbonyl (C=O) groups excluding carboxylic acids is 1. The smallest absolute Gasteiger partial charge is 0.223 e. The fourth-order valence-electron chi connectivity index (χ4n) is 2.74. The molecule has 1 saturated carbocycles. The molecule has 1 aliphatic rings.